The molecule has 7 heteroatoms. The quantitative estimate of drug-likeness (QED) is 0.323. The summed E-state index contributed by atoms with van der Waals surface area (Å²) in [6, 6.07) is 22.8. The number of nitrogens with one attached hydrogen (secondary N) is 2. The molecule has 0 unspecified atom stereocenters. The Labute approximate surface area is 208 Å². The summed E-state index contributed by atoms with van der Waals surface area (Å²) in [5.41, 5.74) is 2.37. The summed E-state index contributed by atoms with van der Waals surface area (Å²) in [6.45, 7) is 5.29. The summed E-state index contributed by atoms with van der Waals surface area (Å²) in [4.78, 5) is 12.7. The van der Waals surface area contributed by atoms with Crippen molar-refractivity contribution in [2.24, 2.45) is 5.92 Å². The van der Waals surface area contributed by atoms with Crippen molar-refractivity contribution in [3.05, 3.63) is 88.4 Å². The number of amides is 1. The first kappa shape index (κ1) is 24.7. The fourth-order valence-electron chi connectivity index (χ4n) is 2.96. The van der Waals surface area contributed by atoms with Crippen LogP contribution in [0.25, 0.3) is 0 Å². The Bertz CT molecular complexity index is 1090. The Balaban J connectivity index is 1.55. The van der Waals surface area contributed by atoms with Crippen LogP contribution in [-0.2, 0) is 6.42 Å². The Hall–Kier alpha value is -2.90. The third-order valence-corrected chi connectivity index (χ3v) is 5.44. The lowest BCUT2D eigenvalue weighted by molar-refractivity contribution is 0.0977. The molecule has 0 spiro atoms. The lowest BCUT2D eigenvalue weighted by Gasteiger charge is -2.15. The number of carbonyl (C=O) groups is 1. The second-order valence-corrected chi connectivity index (χ2v) is 9.10. The van der Waals surface area contributed by atoms with Crippen LogP contribution in [0.2, 0.25) is 0 Å². The first-order valence-corrected chi connectivity index (χ1v) is 11.9. The molecule has 33 heavy (non-hydrogen) atoms. The Morgan fingerprint density at radius 3 is 2.42 bits per heavy atom. The van der Waals surface area contributed by atoms with E-state index in [0.29, 0.717) is 46.4 Å². The van der Waals surface area contributed by atoms with E-state index in [1.54, 1.807) is 18.2 Å². The molecule has 0 fully saturated rings. The van der Waals surface area contributed by atoms with Crippen LogP contribution in [0.15, 0.2) is 77.3 Å². The maximum absolute atomic E-state index is 12.7. The third-order valence-electron chi connectivity index (χ3n) is 4.62. The average Bonchev–Trinajstić information content (AvgIpc) is 2.80. The molecule has 0 heterocycles. The average molecular weight is 527 g/mol. The fourth-order valence-corrected chi connectivity index (χ4v) is 3.66. The lowest BCUT2D eigenvalue weighted by atomic mass is 10.2. The van der Waals surface area contributed by atoms with Gasteiger partial charge in [-0.25, -0.2) is 0 Å². The van der Waals surface area contributed by atoms with Crippen molar-refractivity contribution in [3.8, 4) is 11.5 Å². The minimum Gasteiger partial charge on any atom is -0.492 e. The molecule has 0 aliphatic rings. The Morgan fingerprint density at radius 1 is 0.970 bits per heavy atom. The van der Waals surface area contributed by atoms with E-state index in [2.05, 4.69) is 52.5 Å². The van der Waals surface area contributed by atoms with E-state index in [4.69, 9.17) is 21.7 Å². The normalized spacial score (nSPS) is 10.5. The van der Waals surface area contributed by atoms with E-state index in [9.17, 15) is 4.79 Å². The number of rotatable bonds is 9. The maximum atomic E-state index is 12.7. The third kappa shape index (κ3) is 7.87. The number of para-hydroxylation sites is 2. The molecular weight excluding hydrogens is 500 g/mol. The van der Waals surface area contributed by atoms with Gasteiger partial charge in [-0.3, -0.25) is 10.1 Å². The Morgan fingerprint density at radius 2 is 1.70 bits per heavy atom. The second-order valence-electron chi connectivity index (χ2n) is 7.84. The van der Waals surface area contributed by atoms with Gasteiger partial charge < -0.3 is 14.8 Å². The van der Waals surface area contributed by atoms with E-state index in [-0.39, 0.29) is 11.0 Å². The SMILES string of the molecule is CC(C)COc1ccccc1NC(=S)NC(=O)c1ccc(OCCc2ccccc2)c(Br)c1. The number of carbonyl (C=O) groups excluding carboxylic acids is 1. The van der Waals surface area contributed by atoms with Gasteiger partial charge in [0.05, 0.1) is 23.4 Å². The first-order valence-electron chi connectivity index (χ1n) is 10.7. The second kappa shape index (κ2) is 12.4. The van der Waals surface area contributed by atoms with E-state index >= 15 is 0 Å². The molecule has 0 bridgehead atoms. The van der Waals surface area contributed by atoms with Crippen LogP contribution < -0.4 is 20.1 Å². The summed E-state index contributed by atoms with van der Waals surface area (Å²) in [5, 5.41) is 5.95. The van der Waals surface area contributed by atoms with E-state index in [1.165, 1.54) is 5.56 Å². The topological polar surface area (TPSA) is 59.6 Å². The van der Waals surface area contributed by atoms with E-state index in [0.717, 1.165) is 6.42 Å². The summed E-state index contributed by atoms with van der Waals surface area (Å²) in [6.07, 6.45) is 0.803. The Kier molecular flexibility index (Phi) is 9.27. The smallest absolute Gasteiger partial charge is 0.257 e. The summed E-state index contributed by atoms with van der Waals surface area (Å²) in [5.74, 6) is 1.44. The minimum atomic E-state index is -0.315. The zero-order valence-electron chi connectivity index (χ0n) is 18.6. The standard InChI is InChI=1S/C26H27BrN2O3S/c1-18(2)17-32-24-11-7-6-10-22(24)28-26(33)29-25(30)20-12-13-23(21(27)16-20)31-15-14-19-8-4-3-5-9-19/h3-13,16,18H,14-15,17H2,1-2H3,(H2,28,29,30,33). The summed E-state index contributed by atoms with van der Waals surface area (Å²) < 4.78 is 12.4. The van der Waals surface area contributed by atoms with Gasteiger partial charge in [0, 0.05) is 12.0 Å². The van der Waals surface area contributed by atoms with Gasteiger partial charge >= 0.3 is 0 Å². The fraction of sp³-hybridized carbons (Fsp3) is 0.231. The number of thiocarbonyl (C=S) groups is 1. The first-order chi connectivity index (χ1) is 15.9. The predicted octanol–water partition coefficient (Wildman–Crippen LogP) is 6.23. The molecule has 5 nitrogen and oxygen atoms in total. The van der Waals surface area contributed by atoms with Crippen molar-refractivity contribution in [3.63, 3.8) is 0 Å². The molecule has 3 aromatic carbocycles. The summed E-state index contributed by atoms with van der Waals surface area (Å²) >= 11 is 8.83. The molecule has 1 amide bonds. The highest BCUT2D eigenvalue weighted by molar-refractivity contribution is 9.10. The van der Waals surface area contributed by atoms with Gasteiger partial charge in [0.1, 0.15) is 11.5 Å². The molecule has 0 aromatic heterocycles. The van der Waals surface area contributed by atoms with Crippen LogP contribution in [0.5, 0.6) is 11.5 Å². The molecule has 3 aromatic rings. The van der Waals surface area contributed by atoms with Gasteiger partial charge in [-0.2, -0.15) is 0 Å². The monoisotopic (exact) mass is 526 g/mol. The molecule has 172 valence electrons. The number of benzene rings is 3. The highest BCUT2D eigenvalue weighted by Gasteiger charge is 2.13. The largest absolute Gasteiger partial charge is 0.492 e. The molecular formula is C26H27BrN2O3S. The van der Waals surface area contributed by atoms with Gasteiger partial charge in [0.25, 0.3) is 5.91 Å². The molecule has 0 atom stereocenters. The van der Waals surface area contributed by atoms with Crippen LogP contribution in [0, 0.1) is 5.92 Å². The van der Waals surface area contributed by atoms with Crippen molar-refractivity contribution < 1.29 is 14.3 Å². The maximum Gasteiger partial charge on any atom is 0.257 e. The lowest BCUT2D eigenvalue weighted by Crippen LogP contribution is -2.34. The number of hydrogen-bond acceptors (Lipinski definition) is 4. The van der Waals surface area contributed by atoms with Crippen molar-refractivity contribution in [2.45, 2.75) is 20.3 Å². The molecule has 0 saturated heterocycles. The molecule has 0 aliphatic carbocycles. The van der Waals surface area contributed by atoms with Gasteiger partial charge in [0.15, 0.2) is 5.11 Å². The van der Waals surface area contributed by atoms with Crippen molar-refractivity contribution in [2.75, 3.05) is 18.5 Å². The van der Waals surface area contributed by atoms with Gasteiger partial charge in [-0.05, 0) is 70.0 Å². The van der Waals surface area contributed by atoms with Gasteiger partial charge in [0.2, 0.25) is 0 Å². The molecule has 2 N–H and O–H groups in total. The van der Waals surface area contributed by atoms with Crippen LogP contribution in [0.4, 0.5) is 5.69 Å². The van der Waals surface area contributed by atoms with Crippen molar-refractivity contribution in [1.82, 2.24) is 5.32 Å². The molecule has 0 radical (unpaired) electrons. The molecule has 0 aliphatic heterocycles. The van der Waals surface area contributed by atoms with Gasteiger partial charge in [-0.15, -0.1) is 0 Å². The summed E-state index contributed by atoms with van der Waals surface area (Å²) in [7, 11) is 0. The van der Waals surface area contributed by atoms with Crippen LogP contribution in [0.1, 0.15) is 29.8 Å². The number of ether oxygens (including phenoxy) is 2. The highest BCUT2D eigenvalue weighted by Crippen LogP contribution is 2.27. The molecule has 3 rings (SSSR count). The zero-order valence-corrected chi connectivity index (χ0v) is 21.0. The van der Waals surface area contributed by atoms with Crippen molar-refractivity contribution >= 4 is 44.9 Å². The number of hydrogen-bond donors (Lipinski definition) is 2. The highest BCUT2D eigenvalue weighted by atomic mass is 79.9. The van der Waals surface area contributed by atoms with E-state index < -0.39 is 0 Å². The number of anilines is 1. The van der Waals surface area contributed by atoms with Crippen LogP contribution >= 0.6 is 28.1 Å². The van der Waals surface area contributed by atoms with Gasteiger partial charge in [-0.1, -0.05) is 56.3 Å². The van der Waals surface area contributed by atoms with Crippen LogP contribution in [-0.4, -0.2) is 24.2 Å². The minimum absolute atomic E-state index is 0.194. The van der Waals surface area contributed by atoms with Crippen molar-refractivity contribution in [1.29, 1.82) is 0 Å². The zero-order chi connectivity index (χ0) is 23.6. The molecule has 0 saturated carbocycles. The van der Waals surface area contributed by atoms with E-state index in [1.807, 2.05) is 42.5 Å². The van der Waals surface area contributed by atoms with Crippen LogP contribution in [0.3, 0.4) is 0 Å². The predicted molar refractivity (Wildman–Crippen MR) is 140 cm³/mol. The number of halogens is 1.